The lowest BCUT2D eigenvalue weighted by molar-refractivity contribution is -0.167. The van der Waals surface area contributed by atoms with E-state index in [4.69, 9.17) is 14.2 Å². The highest BCUT2D eigenvalue weighted by Crippen LogP contribution is 2.17. The van der Waals surface area contributed by atoms with Gasteiger partial charge in [0, 0.05) is 19.3 Å². The molecule has 0 saturated carbocycles. The highest BCUT2D eigenvalue weighted by atomic mass is 16.6. The summed E-state index contributed by atoms with van der Waals surface area (Å²) in [6.45, 7) is 11.4. The number of unbranched alkanes of at least 4 members (excludes halogenated alkanes) is 31. The van der Waals surface area contributed by atoms with Crippen LogP contribution in [0.4, 0.5) is 0 Å². The predicted molar refractivity (Wildman–Crippen MR) is 247 cm³/mol. The maximum Gasteiger partial charge on any atom is 0.306 e. The molecule has 0 aliphatic rings. The van der Waals surface area contributed by atoms with Crippen molar-refractivity contribution in [2.24, 2.45) is 11.8 Å². The zero-order chi connectivity index (χ0) is 42.6. The van der Waals surface area contributed by atoms with Gasteiger partial charge >= 0.3 is 17.9 Å². The van der Waals surface area contributed by atoms with Gasteiger partial charge in [-0.05, 0) is 31.1 Å². The van der Waals surface area contributed by atoms with E-state index in [0.717, 1.165) is 69.6 Å². The molecular formula is C52H100O6. The zero-order valence-corrected chi connectivity index (χ0v) is 39.7. The van der Waals surface area contributed by atoms with Crippen molar-refractivity contribution in [1.82, 2.24) is 0 Å². The molecule has 344 valence electrons. The number of carbonyl (C=O) groups excluding carboxylic acids is 3. The molecule has 0 rings (SSSR count). The molecule has 0 aromatic heterocycles. The Hall–Kier alpha value is -1.59. The van der Waals surface area contributed by atoms with Crippen LogP contribution in [0, 0.1) is 11.8 Å². The Bertz CT molecular complexity index is 885. The number of hydrogen-bond acceptors (Lipinski definition) is 6. The quantitative estimate of drug-likeness (QED) is 0.0346. The van der Waals surface area contributed by atoms with E-state index in [1.807, 2.05) is 0 Å². The van der Waals surface area contributed by atoms with Crippen molar-refractivity contribution in [3.05, 3.63) is 0 Å². The summed E-state index contributed by atoms with van der Waals surface area (Å²) in [5.74, 6) is 0.796. The molecule has 0 spiro atoms. The molecule has 0 bridgehead atoms. The van der Waals surface area contributed by atoms with Gasteiger partial charge in [-0.2, -0.15) is 0 Å². The molecule has 0 saturated heterocycles. The molecule has 0 unspecified atom stereocenters. The van der Waals surface area contributed by atoms with Crippen molar-refractivity contribution in [2.75, 3.05) is 13.2 Å². The topological polar surface area (TPSA) is 78.9 Å². The van der Waals surface area contributed by atoms with Gasteiger partial charge in [0.05, 0.1) is 0 Å². The molecule has 0 N–H and O–H groups in total. The standard InChI is InChI=1S/C52H100O6/c1-6-7-8-9-10-11-12-17-22-27-32-37-42-50(53)56-45-49(58-52(55)44-39-34-29-24-19-21-26-31-36-41-48(4)5)46-57-51(54)43-38-33-28-23-18-15-13-14-16-20-25-30-35-40-47(2)3/h47-49H,6-46H2,1-5H3/t49-/m0/s1. The minimum absolute atomic E-state index is 0.0639. The van der Waals surface area contributed by atoms with Gasteiger partial charge in [0.1, 0.15) is 13.2 Å². The van der Waals surface area contributed by atoms with Gasteiger partial charge in [-0.15, -0.1) is 0 Å². The highest BCUT2D eigenvalue weighted by Gasteiger charge is 2.19. The van der Waals surface area contributed by atoms with Crippen molar-refractivity contribution in [1.29, 1.82) is 0 Å². The minimum atomic E-state index is -0.761. The third-order valence-corrected chi connectivity index (χ3v) is 11.7. The Morgan fingerprint density at radius 3 is 0.845 bits per heavy atom. The zero-order valence-electron chi connectivity index (χ0n) is 39.7. The fraction of sp³-hybridized carbons (Fsp3) is 0.942. The summed E-state index contributed by atoms with van der Waals surface area (Å²) in [7, 11) is 0. The Kier molecular flexibility index (Phi) is 43.7. The van der Waals surface area contributed by atoms with Crippen molar-refractivity contribution in [2.45, 2.75) is 291 Å². The molecule has 0 radical (unpaired) electrons. The first-order valence-corrected chi connectivity index (χ1v) is 25.7. The van der Waals surface area contributed by atoms with Gasteiger partial charge in [0.15, 0.2) is 6.10 Å². The highest BCUT2D eigenvalue weighted by molar-refractivity contribution is 5.71. The van der Waals surface area contributed by atoms with Crippen LogP contribution in [-0.2, 0) is 28.6 Å². The van der Waals surface area contributed by atoms with Crippen LogP contribution in [0.15, 0.2) is 0 Å². The van der Waals surface area contributed by atoms with Crippen LogP contribution < -0.4 is 0 Å². The largest absolute Gasteiger partial charge is 0.462 e. The molecule has 6 nitrogen and oxygen atoms in total. The van der Waals surface area contributed by atoms with E-state index in [-0.39, 0.29) is 31.1 Å². The number of carbonyl (C=O) groups is 3. The second-order valence-corrected chi connectivity index (χ2v) is 18.8. The minimum Gasteiger partial charge on any atom is -0.462 e. The maximum atomic E-state index is 12.8. The van der Waals surface area contributed by atoms with Crippen molar-refractivity contribution < 1.29 is 28.6 Å². The molecule has 0 aliphatic carbocycles. The van der Waals surface area contributed by atoms with Gasteiger partial charge in [-0.3, -0.25) is 14.4 Å². The summed E-state index contributed by atoms with van der Waals surface area (Å²) >= 11 is 0. The number of esters is 3. The van der Waals surface area contributed by atoms with Crippen LogP contribution in [0.5, 0.6) is 0 Å². The molecule has 0 heterocycles. The molecule has 0 aromatic rings. The predicted octanol–water partition coefficient (Wildman–Crippen LogP) is 16.5. The first-order chi connectivity index (χ1) is 28.2. The summed E-state index contributed by atoms with van der Waals surface area (Å²) in [5, 5.41) is 0. The Labute approximate surface area is 361 Å². The van der Waals surface area contributed by atoms with E-state index in [2.05, 4.69) is 34.6 Å². The maximum absolute atomic E-state index is 12.8. The fourth-order valence-corrected chi connectivity index (χ4v) is 7.81. The average Bonchev–Trinajstić information content (AvgIpc) is 3.19. The van der Waals surface area contributed by atoms with E-state index in [9.17, 15) is 14.4 Å². The van der Waals surface area contributed by atoms with Crippen LogP contribution in [0.3, 0.4) is 0 Å². The normalized spacial score (nSPS) is 12.1. The van der Waals surface area contributed by atoms with Crippen LogP contribution in [0.25, 0.3) is 0 Å². The first-order valence-electron chi connectivity index (χ1n) is 25.7. The van der Waals surface area contributed by atoms with Crippen molar-refractivity contribution in [3.63, 3.8) is 0 Å². The van der Waals surface area contributed by atoms with Gasteiger partial charge in [0.25, 0.3) is 0 Å². The Balaban J connectivity index is 4.30. The van der Waals surface area contributed by atoms with E-state index in [1.165, 1.54) is 173 Å². The lowest BCUT2D eigenvalue weighted by atomic mass is 10.0. The lowest BCUT2D eigenvalue weighted by Crippen LogP contribution is -2.30. The SMILES string of the molecule is CCCCCCCCCCCCCCC(=O)OC[C@@H](COC(=O)CCCCCCCCCCCCCCCC(C)C)OC(=O)CCCCCCCCCCCC(C)C. The van der Waals surface area contributed by atoms with Gasteiger partial charge in [-0.1, -0.05) is 247 Å². The van der Waals surface area contributed by atoms with Crippen LogP contribution >= 0.6 is 0 Å². The summed E-state index contributed by atoms with van der Waals surface area (Å²) in [5.41, 5.74) is 0. The van der Waals surface area contributed by atoms with E-state index in [0.29, 0.717) is 19.3 Å². The van der Waals surface area contributed by atoms with E-state index < -0.39 is 6.10 Å². The van der Waals surface area contributed by atoms with Gasteiger partial charge < -0.3 is 14.2 Å². The molecule has 0 aromatic carbocycles. The Morgan fingerprint density at radius 2 is 0.569 bits per heavy atom. The van der Waals surface area contributed by atoms with E-state index >= 15 is 0 Å². The third-order valence-electron chi connectivity index (χ3n) is 11.7. The molecule has 6 heteroatoms. The van der Waals surface area contributed by atoms with Crippen LogP contribution in [0.2, 0.25) is 0 Å². The third kappa shape index (κ3) is 45.5. The average molecular weight is 821 g/mol. The Morgan fingerprint density at radius 1 is 0.328 bits per heavy atom. The smallest absolute Gasteiger partial charge is 0.306 e. The molecule has 0 amide bonds. The summed E-state index contributed by atoms with van der Waals surface area (Å²) in [6.07, 6.45) is 45.2. The number of ether oxygens (including phenoxy) is 3. The van der Waals surface area contributed by atoms with Gasteiger partial charge in [0.2, 0.25) is 0 Å². The lowest BCUT2D eigenvalue weighted by Gasteiger charge is -2.18. The summed E-state index contributed by atoms with van der Waals surface area (Å²) in [6, 6.07) is 0. The van der Waals surface area contributed by atoms with Crippen molar-refractivity contribution in [3.8, 4) is 0 Å². The van der Waals surface area contributed by atoms with Crippen LogP contribution in [-0.4, -0.2) is 37.2 Å². The summed E-state index contributed by atoms with van der Waals surface area (Å²) in [4.78, 5) is 37.9. The van der Waals surface area contributed by atoms with Crippen molar-refractivity contribution >= 4 is 17.9 Å². The molecule has 0 fully saturated rings. The van der Waals surface area contributed by atoms with Crippen LogP contribution in [0.1, 0.15) is 285 Å². The summed E-state index contributed by atoms with van der Waals surface area (Å²) < 4.78 is 16.8. The molecule has 0 aliphatic heterocycles. The molecule has 1 atom stereocenters. The first kappa shape index (κ1) is 56.4. The monoisotopic (exact) mass is 821 g/mol. The second kappa shape index (κ2) is 44.9. The van der Waals surface area contributed by atoms with Gasteiger partial charge in [-0.25, -0.2) is 0 Å². The van der Waals surface area contributed by atoms with E-state index in [1.54, 1.807) is 0 Å². The second-order valence-electron chi connectivity index (χ2n) is 18.8. The molecular weight excluding hydrogens is 721 g/mol. The number of rotatable bonds is 46. The number of hydrogen-bond donors (Lipinski definition) is 0. The molecule has 58 heavy (non-hydrogen) atoms. The fourth-order valence-electron chi connectivity index (χ4n) is 7.81.